The molecule has 1 aromatic heterocycles. The Morgan fingerprint density at radius 2 is 1.94 bits per heavy atom. The lowest BCUT2D eigenvalue weighted by molar-refractivity contribution is 0.0692. The van der Waals surface area contributed by atoms with Gasteiger partial charge < -0.3 is 10.1 Å². The third-order valence-corrected chi connectivity index (χ3v) is 3.02. The van der Waals surface area contributed by atoms with Gasteiger partial charge in [0.05, 0.1) is 10.0 Å². The summed E-state index contributed by atoms with van der Waals surface area (Å²) in [5, 5.41) is 9.72. The number of benzene rings is 1. The SMILES string of the molecule is O=C(O)c1[nH]ccc1-c1cccc(Cl)c1Cl. The normalized spacial score (nSPS) is 10.4. The molecule has 0 aliphatic carbocycles. The first kappa shape index (κ1) is 11.0. The summed E-state index contributed by atoms with van der Waals surface area (Å²) in [6.45, 7) is 0. The zero-order chi connectivity index (χ0) is 11.7. The maximum atomic E-state index is 10.9. The lowest BCUT2D eigenvalue weighted by Gasteiger charge is -2.04. The summed E-state index contributed by atoms with van der Waals surface area (Å²) < 4.78 is 0. The molecule has 0 aliphatic heterocycles. The fraction of sp³-hybridized carbons (Fsp3) is 0. The molecule has 0 saturated carbocycles. The number of hydrogen-bond donors (Lipinski definition) is 2. The molecule has 0 atom stereocenters. The summed E-state index contributed by atoms with van der Waals surface area (Å²) in [6, 6.07) is 6.76. The molecule has 2 N–H and O–H groups in total. The summed E-state index contributed by atoms with van der Waals surface area (Å²) in [7, 11) is 0. The van der Waals surface area contributed by atoms with Gasteiger partial charge in [0.15, 0.2) is 0 Å². The molecule has 0 aliphatic rings. The fourth-order valence-corrected chi connectivity index (χ4v) is 1.88. The van der Waals surface area contributed by atoms with E-state index in [1.165, 1.54) is 0 Å². The van der Waals surface area contributed by atoms with Crippen LogP contribution in [0.4, 0.5) is 0 Å². The number of aromatic nitrogens is 1. The van der Waals surface area contributed by atoms with E-state index in [4.69, 9.17) is 28.3 Å². The number of rotatable bonds is 2. The summed E-state index contributed by atoms with van der Waals surface area (Å²) in [5.41, 5.74) is 1.23. The van der Waals surface area contributed by atoms with Crippen molar-refractivity contribution in [2.45, 2.75) is 0 Å². The number of halogens is 2. The molecule has 1 heterocycles. The molecule has 1 aromatic carbocycles. The topological polar surface area (TPSA) is 53.1 Å². The van der Waals surface area contributed by atoms with Crippen LogP contribution < -0.4 is 0 Å². The molecule has 2 rings (SSSR count). The van der Waals surface area contributed by atoms with Crippen molar-refractivity contribution >= 4 is 29.2 Å². The molecule has 0 spiro atoms. The maximum absolute atomic E-state index is 10.9. The van der Waals surface area contributed by atoms with Gasteiger partial charge in [0, 0.05) is 17.3 Å². The van der Waals surface area contributed by atoms with Gasteiger partial charge >= 0.3 is 5.97 Å². The quantitative estimate of drug-likeness (QED) is 0.860. The number of aromatic carboxylic acids is 1. The molecular formula is C11H7Cl2NO2. The number of carbonyl (C=O) groups is 1. The van der Waals surface area contributed by atoms with Crippen molar-refractivity contribution < 1.29 is 9.90 Å². The minimum absolute atomic E-state index is 0.101. The fourth-order valence-electron chi connectivity index (χ4n) is 1.48. The zero-order valence-corrected chi connectivity index (χ0v) is 9.51. The van der Waals surface area contributed by atoms with E-state index >= 15 is 0 Å². The first-order chi connectivity index (χ1) is 7.61. The number of nitrogens with one attached hydrogen (secondary N) is 1. The Kier molecular flexibility index (Phi) is 2.90. The molecule has 0 radical (unpaired) electrons. The average molecular weight is 256 g/mol. The van der Waals surface area contributed by atoms with Crippen LogP contribution in [0.1, 0.15) is 10.5 Å². The van der Waals surface area contributed by atoms with Gasteiger partial charge in [0.2, 0.25) is 0 Å². The Hall–Kier alpha value is -1.45. The number of hydrogen-bond acceptors (Lipinski definition) is 1. The monoisotopic (exact) mass is 255 g/mol. The number of carboxylic acids is 1. The van der Waals surface area contributed by atoms with Gasteiger partial charge in [0.25, 0.3) is 0 Å². The maximum Gasteiger partial charge on any atom is 0.352 e. The van der Waals surface area contributed by atoms with E-state index in [1.807, 2.05) is 0 Å². The first-order valence-corrected chi connectivity index (χ1v) is 5.22. The number of aromatic amines is 1. The average Bonchev–Trinajstić information content (AvgIpc) is 2.70. The van der Waals surface area contributed by atoms with Crippen molar-refractivity contribution in [2.75, 3.05) is 0 Å². The Labute approximate surface area is 102 Å². The van der Waals surface area contributed by atoms with Crippen molar-refractivity contribution in [2.24, 2.45) is 0 Å². The van der Waals surface area contributed by atoms with E-state index in [9.17, 15) is 4.79 Å². The zero-order valence-electron chi connectivity index (χ0n) is 8.00. The van der Waals surface area contributed by atoms with Gasteiger partial charge in [-0.3, -0.25) is 0 Å². The van der Waals surface area contributed by atoms with E-state index in [0.717, 1.165) is 0 Å². The van der Waals surface area contributed by atoms with E-state index < -0.39 is 5.97 Å². The van der Waals surface area contributed by atoms with Gasteiger partial charge in [-0.25, -0.2) is 4.79 Å². The molecule has 0 bridgehead atoms. The van der Waals surface area contributed by atoms with E-state index in [1.54, 1.807) is 30.5 Å². The van der Waals surface area contributed by atoms with Gasteiger partial charge in [-0.2, -0.15) is 0 Å². The lowest BCUT2D eigenvalue weighted by Crippen LogP contribution is -1.98. The second-order valence-electron chi connectivity index (χ2n) is 3.17. The van der Waals surface area contributed by atoms with Crippen LogP contribution in [0.5, 0.6) is 0 Å². The minimum Gasteiger partial charge on any atom is -0.477 e. The van der Waals surface area contributed by atoms with Gasteiger partial charge in [0.1, 0.15) is 5.69 Å². The molecule has 0 amide bonds. The van der Waals surface area contributed by atoms with Crippen LogP contribution in [0.3, 0.4) is 0 Å². The minimum atomic E-state index is -1.03. The molecule has 5 heteroatoms. The molecule has 0 fully saturated rings. The largest absolute Gasteiger partial charge is 0.477 e. The van der Waals surface area contributed by atoms with Crippen LogP contribution in [0, 0.1) is 0 Å². The third kappa shape index (κ3) is 1.79. The van der Waals surface area contributed by atoms with E-state index in [-0.39, 0.29) is 5.69 Å². The molecule has 2 aromatic rings. The van der Waals surface area contributed by atoms with Crippen LogP contribution in [-0.4, -0.2) is 16.1 Å². The van der Waals surface area contributed by atoms with Crippen molar-refractivity contribution in [3.05, 3.63) is 46.2 Å². The van der Waals surface area contributed by atoms with Crippen molar-refractivity contribution in [3.63, 3.8) is 0 Å². The number of H-pyrrole nitrogens is 1. The summed E-state index contributed by atoms with van der Waals surface area (Å²) in [4.78, 5) is 13.6. The second kappa shape index (κ2) is 4.20. The molecule has 82 valence electrons. The Morgan fingerprint density at radius 3 is 2.62 bits per heavy atom. The smallest absolute Gasteiger partial charge is 0.352 e. The second-order valence-corrected chi connectivity index (χ2v) is 3.96. The van der Waals surface area contributed by atoms with Crippen molar-refractivity contribution in [1.82, 2.24) is 4.98 Å². The van der Waals surface area contributed by atoms with E-state index in [2.05, 4.69) is 4.98 Å². The summed E-state index contributed by atoms with van der Waals surface area (Å²) >= 11 is 11.9. The Balaban J connectivity index is 2.63. The molecule has 16 heavy (non-hydrogen) atoms. The van der Waals surface area contributed by atoms with Crippen LogP contribution in [0.25, 0.3) is 11.1 Å². The number of carboxylic acid groups (broad SMARTS) is 1. The summed E-state index contributed by atoms with van der Waals surface area (Å²) in [5.74, 6) is -1.03. The molecule has 0 unspecified atom stereocenters. The lowest BCUT2D eigenvalue weighted by atomic mass is 10.1. The molecular weight excluding hydrogens is 249 g/mol. The van der Waals surface area contributed by atoms with Crippen LogP contribution in [0.15, 0.2) is 30.5 Å². The third-order valence-electron chi connectivity index (χ3n) is 2.20. The highest BCUT2D eigenvalue weighted by Crippen LogP contribution is 2.34. The highest BCUT2D eigenvalue weighted by molar-refractivity contribution is 6.43. The van der Waals surface area contributed by atoms with Crippen LogP contribution in [-0.2, 0) is 0 Å². The molecule has 3 nitrogen and oxygen atoms in total. The first-order valence-electron chi connectivity index (χ1n) is 4.46. The summed E-state index contributed by atoms with van der Waals surface area (Å²) in [6.07, 6.45) is 1.55. The standard InChI is InChI=1S/C11H7Cl2NO2/c12-8-3-1-2-6(9(8)13)7-4-5-14-10(7)11(15)16/h1-5,14H,(H,15,16). The van der Waals surface area contributed by atoms with Gasteiger partial charge in [-0.05, 0) is 12.1 Å². The highest BCUT2D eigenvalue weighted by Gasteiger charge is 2.15. The van der Waals surface area contributed by atoms with Gasteiger partial charge in [-0.1, -0.05) is 35.3 Å². The highest BCUT2D eigenvalue weighted by atomic mass is 35.5. The Morgan fingerprint density at radius 1 is 1.19 bits per heavy atom. The predicted molar refractivity (Wildman–Crippen MR) is 63.2 cm³/mol. The van der Waals surface area contributed by atoms with E-state index in [0.29, 0.717) is 21.2 Å². The molecule has 0 saturated heterocycles. The van der Waals surface area contributed by atoms with Gasteiger partial charge in [-0.15, -0.1) is 0 Å². The van der Waals surface area contributed by atoms with Crippen LogP contribution >= 0.6 is 23.2 Å². The van der Waals surface area contributed by atoms with Crippen molar-refractivity contribution in [3.8, 4) is 11.1 Å². The van der Waals surface area contributed by atoms with Crippen molar-refractivity contribution in [1.29, 1.82) is 0 Å². The Bertz CT molecular complexity index is 549. The predicted octanol–water partition coefficient (Wildman–Crippen LogP) is 3.69. The van der Waals surface area contributed by atoms with Crippen LogP contribution in [0.2, 0.25) is 10.0 Å².